The first-order valence-electron chi connectivity index (χ1n) is 13.2. The predicted molar refractivity (Wildman–Crippen MR) is 169 cm³/mol. The van der Waals surface area contributed by atoms with Gasteiger partial charge in [-0.1, -0.05) is 92.2 Å². The molecular weight excluding hydrogens is 561 g/mol. The molecule has 5 rings (SSSR count). The first kappa shape index (κ1) is 32.1. The SMILES string of the molecule is CC(C)NCC(O)COc1cccc2ccccc12.CN1C(=O)C(O)N=C(c2ccccc2)c2cc(Cl)ccc21.Cl. The lowest BCUT2D eigenvalue weighted by molar-refractivity contribution is -0.125. The van der Waals surface area contributed by atoms with Crippen molar-refractivity contribution in [3.8, 4) is 5.75 Å². The van der Waals surface area contributed by atoms with Gasteiger partial charge in [-0.15, -0.1) is 12.4 Å². The average Bonchev–Trinajstić information content (AvgIpc) is 3.05. The van der Waals surface area contributed by atoms with E-state index in [1.54, 1.807) is 25.2 Å². The van der Waals surface area contributed by atoms with Gasteiger partial charge in [0.05, 0.1) is 11.4 Å². The molecule has 1 aliphatic rings. The summed E-state index contributed by atoms with van der Waals surface area (Å²) in [6, 6.07) is 29.1. The van der Waals surface area contributed by atoms with Crippen molar-refractivity contribution in [2.75, 3.05) is 25.1 Å². The number of ether oxygens (including phenoxy) is 1. The first-order chi connectivity index (χ1) is 19.2. The largest absolute Gasteiger partial charge is 0.490 e. The van der Waals surface area contributed by atoms with Gasteiger partial charge in [-0.25, -0.2) is 4.99 Å². The van der Waals surface area contributed by atoms with Crippen LogP contribution >= 0.6 is 24.0 Å². The van der Waals surface area contributed by atoms with Crippen LogP contribution < -0.4 is 15.0 Å². The first-order valence-corrected chi connectivity index (χ1v) is 13.5. The second-order valence-corrected chi connectivity index (χ2v) is 10.2. The van der Waals surface area contributed by atoms with Crippen molar-refractivity contribution in [1.82, 2.24) is 5.32 Å². The lowest BCUT2D eigenvalue weighted by Gasteiger charge is -2.18. The number of rotatable bonds is 7. The van der Waals surface area contributed by atoms with E-state index in [2.05, 4.69) is 36.3 Å². The molecule has 1 amide bonds. The average molecular weight is 597 g/mol. The third kappa shape index (κ3) is 8.28. The zero-order chi connectivity index (χ0) is 28.6. The molecule has 0 bridgehead atoms. The summed E-state index contributed by atoms with van der Waals surface area (Å²) in [5, 5.41) is 25.8. The lowest BCUT2D eigenvalue weighted by Crippen LogP contribution is -2.35. The van der Waals surface area contributed by atoms with Crippen LogP contribution in [0.1, 0.15) is 25.0 Å². The van der Waals surface area contributed by atoms with Crippen molar-refractivity contribution in [2.45, 2.75) is 32.2 Å². The van der Waals surface area contributed by atoms with E-state index >= 15 is 0 Å². The fourth-order valence-corrected chi connectivity index (χ4v) is 4.47. The van der Waals surface area contributed by atoms with Crippen LogP contribution in [-0.2, 0) is 4.79 Å². The Morgan fingerprint density at radius 1 is 1.00 bits per heavy atom. The van der Waals surface area contributed by atoms with Crippen LogP contribution in [0.25, 0.3) is 10.8 Å². The third-order valence-corrected chi connectivity index (χ3v) is 6.60. The van der Waals surface area contributed by atoms with Gasteiger partial charge < -0.3 is 25.2 Å². The maximum atomic E-state index is 12.1. The smallest absolute Gasteiger partial charge is 0.278 e. The highest BCUT2D eigenvalue weighted by Gasteiger charge is 2.28. The van der Waals surface area contributed by atoms with Gasteiger partial charge in [0, 0.05) is 41.2 Å². The molecule has 2 unspecified atom stereocenters. The van der Waals surface area contributed by atoms with Crippen molar-refractivity contribution in [1.29, 1.82) is 0 Å². The summed E-state index contributed by atoms with van der Waals surface area (Å²) in [7, 11) is 1.61. The summed E-state index contributed by atoms with van der Waals surface area (Å²) in [4.78, 5) is 17.7. The number of amides is 1. The van der Waals surface area contributed by atoms with E-state index in [0.29, 0.717) is 35.6 Å². The minimum atomic E-state index is -1.42. The highest BCUT2D eigenvalue weighted by atomic mass is 35.5. The zero-order valence-electron chi connectivity index (χ0n) is 23.2. The number of nitrogens with one attached hydrogen (secondary N) is 1. The molecule has 1 aliphatic heterocycles. The number of hydrogen-bond acceptors (Lipinski definition) is 6. The Bertz CT molecular complexity index is 1480. The van der Waals surface area contributed by atoms with Gasteiger partial charge in [-0.3, -0.25) is 4.79 Å². The number of halogens is 2. The van der Waals surface area contributed by atoms with E-state index in [-0.39, 0.29) is 12.4 Å². The van der Waals surface area contributed by atoms with E-state index in [4.69, 9.17) is 16.3 Å². The number of benzene rings is 4. The number of nitrogens with zero attached hydrogens (tertiary/aromatic N) is 2. The number of aliphatic hydroxyl groups excluding tert-OH is 2. The van der Waals surface area contributed by atoms with Crippen molar-refractivity contribution in [3.63, 3.8) is 0 Å². The summed E-state index contributed by atoms with van der Waals surface area (Å²) >= 11 is 6.08. The second kappa shape index (κ2) is 15.0. The van der Waals surface area contributed by atoms with Crippen LogP contribution in [0.4, 0.5) is 5.69 Å². The minimum absolute atomic E-state index is 0. The number of carbonyl (C=O) groups excluding carboxylic acids is 1. The molecule has 9 heteroatoms. The second-order valence-electron chi connectivity index (χ2n) is 9.78. The fourth-order valence-electron chi connectivity index (χ4n) is 4.29. The van der Waals surface area contributed by atoms with Gasteiger partial charge in [0.25, 0.3) is 5.91 Å². The standard InChI is InChI=1S/C16H13ClN2O2.C16H21NO2.ClH/c1-19-13-8-7-11(17)9-12(13)14(18-15(20)16(19)21)10-5-3-2-4-6-10;1-12(2)17-10-14(18)11-19-16-9-5-7-13-6-3-4-8-15(13)16;/h2-9,15,20H,1H3;3-9,12,14,17-18H,10-11H2,1-2H3;1H. The number of benzodiazepines with no additional fused rings is 1. The fraction of sp³-hybridized carbons (Fsp3) is 0.250. The maximum Gasteiger partial charge on any atom is 0.278 e. The molecule has 1 heterocycles. The Hall–Kier alpha value is -3.46. The summed E-state index contributed by atoms with van der Waals surface area (Å²) in [5.41, 5.74) is 2.77. The number of anilines is 1. The van der Waals surface area contributed by atoms with Crippen LogP contribution in [0, 0.1) is 0 Å². The highest BCUT2D eigenvalue weighted by Crippen LogP contribution is 2.30. The number of fused-ring (bicyclic) bond motifs is 2. The Labute approximate surface area is 251 Å². The third-order valence-electron chi connectivity index (χ3n) is 6.37. The van der Waals surface area contributed by atoms with Gasteiger partial charge in [0.1, 0.15) is 18.5 Å². The number of hydrogen-bond donors (Lipinski definition) is 3. The zero-order valence-corrected chi connectivity index (χ0v) is 24.8. The molecule has 7 nitrogen and oxygen atoms in total. The molecule has 4 aromatic carbocycles. The maximum absolute atomic E-state index is 12.1. The van der Waals surface area contributed by atoms with Crippen LogP contribution in [0.3, 0.4) is 0 Å². The molecule has 0 saturated carbocycles. The Balaban J connectivity index is 0.000000221. The van der Waals surface area contributed by atoms with Crippen LogP contribution in [0.15, 0.2) is 96.0 Å². The molecule has 3 N–H and O–H groups in total. The molecule has 0 radical (unpaired) electrons. The summed E-state index contributed by atoms with van der Waals surface area (Å²) < 4.78 is 5.72. The topological polar surface area (TPSA) is 94.4 Å². The molecule has 0 spiro atoms. The Morgan fingerprint density at radius 3 is 2.41 bits per heavy atom. The number of carbonyl (C=O) groups is 1. The van der Waals surface area contributed by atoms with E-state index in [9.17, 15) is 15.0 Å². The molecule has 0 aromatic heterocycles. The van der Waals surface area contributed by atoms with Crippen molar-refractivity contribution >= 4 is 52.1 Å². The van der Waals surface area contributed by atoms with Crippen LogP contribution in [-0.4, -0.2) is 60.4 Å². The highest BCUT2D eigenvalue weighted by molar-refractivity contribution is 6.32. The lowest BCUT2D eigenvalue weighted by atomic mass is 10.0. The monoisotopic (exact) mass is 595 g/mol. The molecule has 216 valence electrons. The van der Waals surface area contributed by atoms with Gasteiger partial charge in [0.2, 0.25) is 6.23 Å². The van der Waals surface area contributed by atoms with Crippen LogP contribution in [0.2, 0.25) is 5.02 Å². The Kier molecular flexibility index (Phi) is 11.7. The summed E-state index contributed by atoms with van der Waals surface area (Å²) in [6.07, 6.45) is -1.92. The van der Waals surface area contributed by atoms with Crippen molar-refractivity contribution in [2.24, 2.45) is 4.99 Å². The molecule has 2 atom stereocenters. The van der Waals surface area contributed by atoms with Gasteiger partial charge in [0.15, 0.2) is 0 Å². The van der Waals surface area contributed by atoms with Gasteiger partial charge in [-0.2, -0.15) is 0 Å². The minimum Gasteiger partial charge on any atom is -0.490 e. The van der Waals surface area contributed by atoms with Crippen LogP contribution in [0.5, 0.6) is 5.75 Å². The summed E-state index contributed by atoms with van der Waals surface area (Å²) in [6.45, 7) is 4.95. The van der Waals surface area contributed by atoms with Crippen molar-refractivity contribution in [3.05, 3.63) is 107 Å². The van der Waals surface area contributed by atoms with Crippen molar-refractivity contribution < 1.29 is 19.7 Å². The van der Waals surface area contributed by atoms with E-state index in [1.807, 2.05) is 60.7 Å². The van der Waals surface area contributed by atoms with E-state index in [1.165, 1.54) is 4.90 Å². The molecule has 0 saturated heterocycles. The quantitative estimate of drug-likeness (QED) is 0.263. The molecule has 0 aliphatic carbocycles. The normalized spacial score (nSPS) is 15.2. The molecule has 4 aromatic rings. The van der Waals surface area contributed by atoms with Gasteiger partial charge >= 0.3 is 0 Å². The Morgan fingerprint density at radius 2 is 1.68 bits per heavy atom. The van der Waals surface area contributed by atoms with E-state index in [0.717, 1.165) is 27.6 Å². The predicted octanol–water partition coefficient (Wildman–Crippen LogP) is 5.47. The molecular formula is C32H35Cl2N3O4. The molecule has 0 fully saturated rings. The number of aliphatic hydroxyl groups is 2. The molecule has 41 heavy (non-hydrogen) atoms. The number of likely N-dealkylation sites (N-methyl/N-ethyl adjacent to an activating group) is 1. The number of aliphatic imine (C=N–C) groups is 1. The van der Waals surface area contributed by atoms with Gasteiger partial charge in [-0.05, 0) is 29.7 Å². The van der Waals surface area contributed by atoms with E-state index < -0.39 is 18.2 Å². The summed E-state index contributed by atoms with van der Waals surface area (Å²) in [5.74, 6) is 0.353.